The number of amides is 1. The number of pyridine rings is 1. The zero-order chi connectivity index (χ0) is 25.3. The summed E-state index contributed by atoms with van der Waals surface area (Å²) in [5.74, 6) is 0.923. The molecule has 0 atom stereocenters. The molecule has 0 bridgehead atoms. The molecule has 4 N–H and O–H groups in total. The lowest BCUT2D eigenvalue weighted by atomic mass is 9.63. The van der Waals surface area contributed by atoms with Gasteiger partial charge in [-0.25, -0.2) is 23.4 Å². The van der Waals surface area contributed by atoms with Crippen molar-refractivity contribution in [1.82, 2.24) is 15.0 Å². The van der Waals surface area contributed by atoms with Crippen LogP contribution in [0.5, 0.6) is 0 Å². The number of hydrogen-bond donors (Lipinski definition) is 2. The molecule has 1 aromatic carbocycles. The Balaban J connectivity index is 1.31. The number of nitrogens with two attached hydrogens (primary N) is 2. The highest BCUT2D eigenvalue weighted by Gasteiger charge is 2.43. The second kappa shape index (κ2) is 9.30. The number of benzene rings is 1. The van der Waals surface area contributed by atoms with Crippen LogP contribution in [0.4, 0.5) is 11.8 Å². The summed E-state index contributed by atoms with van der Waals surface area (Å²) in [5.41, 5.74) is 14.7. The Kier molecular flexibility index (Phi) is 6.17. The van der Waals surface area contributed by atoms with Gasteiger partial charge in [0.2, 0.25) is 5.95 Å². The highest BCUT2D eigenvalue weighted by atomic mass is 32.2. The van der Waals surface area contributed by atoms with Gasteiger partial charge in [-0.2, -0.15) is 4.99 Å². The molecule has 0 unspecified atom stereocenters. The van der Waals surface area contributed by atoms with E-state index in [1.165, 1.54) is 6.20 Å². The number of anilines is 2. The molecule has 186 valence electrons. The molecule has 2 fully saturated rings. The Labute approximate surface area is 209 Å². The zero-order valence-electron chi connectivity index (χ0n) is 19.7. The predicted molar refractivity (Wildman–Crippen MR) is 138 cm³/mol. The summed E-state index contributed by atoms with van der Waals surface area (Å²) < 4.78 is 23.3. The van der Waals surface area contributed by atoms with Gasteiger partial charge in [0.1, 0.15) is 11.7 Å². The van der Waals surface area contributed by atoms with E-state index in [2.05, 4.69) is 19.9 Å². The maximum Gasteiger partial charge on any atom is 0.280 e. The number of aliphatic imine (C=N–C) groups is 1. The third-order valence-corrected chi connectivity index (χ3v) is 8.63. The fourth-order valence-electron chi connectivity index (χ4n) is 4.61. The Bertz CT molecular complexity index is 1390. The van der Waals surface area contributed by atoms with Crippen molar-refractivity contribution in [3.8, 4) is 11.1 Å². The molecule has 1 saturated heterocycles. The maximum absolute atomic E-state index is 12.9. The van der Waals surface area contributed by atoms with Crippen molar-refractivity contribution in [3.63, 3.8) is 0 Å². The van der Waals surface area contributed by atoms with Crippen LogP contribution >= 0.6 is 0 Å². The molecule has 1 aliphatic heterocycles. The topological polar surface area (TPSA) is 158 Å². The van der Waals surface area contributed by atoms with Crippen molar-refractivity contribution in [2.75, 3.05) is 35.2 Å². The van der Waals surface area contributed by atoms with Crippen LogP contribution in [0.1, 0.15) is 35.2 Å². The van der Waals surface area contributed by atoms with E-state index in [4.69, 9.17) is 11.5 Å². The molecule has 10 nitrogen and oxygen atoms in total. The monoisotopic (exact) mass is 505 g/mol. The van der Waals surface area contributed by atoms with Crippen molar-refractivity contribution in [1.29, 1.82) is 0 Å². The third kappa shape index (κ3) is 4.66. The Morgan fingerprint density at radius 2 is 1.58 bits per heavy atom. The molecule has 1 amide bonds. The van der Waals surface area contributed by atoms with Crippen LogP contribution in [0.15, 0.2) is 60.0 Å². The third-order valence-electron chi connectivity index (χ3n) is 7.03. The Hall–Kier alpha value is -3.86. The van der Waals surface area contributed by atoms with Gasteiger partial charge in [-0.05, 0) is 36.1 Å². The number of carbonyl (C=O) groups excluding carboxylic acids is 1. The summed E-state index contributed by atoms with van der Waals surface area (Å²) >= 11 is 0. The average Bonchev–Trinajstić information content (AvgIpc) is 2.84. The molecular weight excluding hydrogens is 478 g/mol. The van der Waals surface area contributed by atoms with E-state index in [1.54, 1.807) is 24.5 Å². The summed E-state index contributed by atoms with van der Waals surface area (Å²) in [6.07, 6.45) is 7.45. The van der Waals surface area contributed by atoms with Gasteiger partial charge >= 0.3 is 0 Å². The number of nitrogen functional groups attached to an aromatic ring is 1. The molecule has 3 aromatic rings. The van der Waals surface area contributed by atoms with Gasteiger partial charge in [-0.1, -0.05) is 30.7 Å². The molecule has 3 heterocycles. The lowest BCUT2D eigenvalue weighted by Gasteiger charge is -2.41. The smallest absolute Gasteiger partial charge is 0.280 e. The van der Waals surface area contributed by atoms with E-state index < -0.39 is 21.2 Å². The first-order valence-electron chi connectivity index (χ1n) is 11.7. The fraction of sp³-hybridized carbons (Fsp3) is 0.320. The van der Waals surface area contributed by atoms with E-state index in [9.17, 15) is 13.2 Å². The first-order chi connectivity index (χ1) is 17.3. The van der Waals surface area contributed by atoms with E-state index in [-0.39, 0.29) is 17.5 Å². The Morgan fingerprint density at radius 1 is 0.917 bits per heavy atom. The highest BCUT2D eigenvalue weighted by Crippen LogP contribution is 2.44. The second-order valence-electron chi connectivity index (χ2n) is 9.19. The minimum atomic E-state index is -2.98. The largest absolute Gasteiger partial charge is 0.386 e. The first-order valence-corrected chi connectivity index (χ1v) is 13.6. The van der Waals surface area contributed by atoms with Gasteiger partial charge in [0.05, 0.1) is 22.5 Å². The minimum absolute atomic E-state index is 0.104. The highest BCUT2D eigenvalue weighted by molar-refractivity contribution is 7.91. The normalized spacial score (nSPS) is 18.9. The first kappa shape index (κ1) is 23.9. The molecule has 2 aliphatic rings. The van der Waals surface area contributed by atoms with Gasteiger partial charge in [-0.3, -0.25) is 4.79 Å². The quantitative estimate of drug-likeness (QED) is 0.391. The standard InChI is InChI=1S/C25H27N7O3S/c26-23(31-22(33)18-4-7-21(28-14-18)32-10-12-36(34,35)13-11-32)25(8-1-9-25)20-5-2-17(3-6-20)19-15-29-24(27)30-16-19/h2-7,14-16H,1,8-13H2,(H2,26,31,33)(H2,27,29,30). The number of hydrogen-bond acceptors (Lipinski definition) is 8. The van der Waals surface area contributed by atoms with Gasteiger partial charge < -0.3 is 16.4 Å². The lowest BCUT2D eigenvalue weighted by molar-refractivity contribution is 0.100. The summed E-state index contributed by atoms with van der Waals surface area (Å²) in [6.45, 7) is 0.779. The Morgan fingerprint density at radius 3 is 2.14 bits per heavy atom. The molecule has 0 spiro atoms. The van der Waals surface area contributed by atoms with Gasteiger partial charge in [0.15, 0.2) is 9.84 Å². The number of carbonyl (C=O) groups is 1. The fourth-order valence-corrected chi connectivity index (χ4v) is 5.82. The molecule has 5 rings (SSSR count). The molecule has 11 heteroatoms. The van der Waals surface area contributed by atoms with Gasteiger partial charge in [-0.15, -0.1) is 0 Å². The van der Waals surface area contributed by atoms with E-state index in [0.29, 0.717) is 30.3 Å². The van der Waals surface area contributed by atoms with Crippen molar-refractivity contribution in [2.24, 2.45) is 10.7 Å². The number of amidine groups is 1. The number of sulfone groups is 1. The van der Waals surface area contributed by atoms with Crippen LogP contribution in [-0.2, 0) is 15.3 Å². The predicted octanol–water partition coefficient (Wildman–Crippen LogP) is 1.97. The summed E-state index contributed by atoms with van der Waals surface area (Å²) in [5, 5.41) is 0. The van der Waals surface area contributed by atoms with Crippen LogP contribution in [0.25, 0.3) is 11.1 Å². The average molecular weight is 506 g/mol. The van der Waals surface area contributed by atoms with E-state index >= 15 is 0 Å². The van der Waals surface area contributed by atoms with Crippen molar-refractivity contribution < 1.29 is 13.2 Å². The zero-order valence-corrected chi connectivity index (χ0v) is 20.5. The number of aromatic nitrogens is 3. The van der Waals surface area contributed by atoms with Gasteiger partial charge in [0.25, 0.3) is 5.91 Å². The lowest BCUT2D eigenvalue weighted by Crippen LogP contribution is -2.47. The van der Waals surface area contributed by atoms with Crippen molar-refractivity contribution in [2.45, 2.75) is 24.7 Å². The molecule has 0 radical (unpaired) electrons. The minimum Gasteiger partial charge on any atom is -0.386 e. The van der Waals surface area contributed by atoms with Crippen LogP contribution in [-0.4, -0.2) is 59.7 Å². The van der Waals surface area contributed by atoms with Gasteiger partial charge in [0, 0.05) is 37.2 Å². The van der Waals surface area contributed by atoms with E-state index in [1.807, 2.05) is 29.2 Å². The summed E-state index contributed by atoms with van der Waals surface area (Å²) in [7, 11) is -2.98. The molecule has 1 saturated carbocycles. The van der Waals surface area contributed by atoms with Crippen LogP contribution in [0, 0.1) is 0 Å². The molecule has 2 aromatic heterocycles. The summed E-state index contributed by atoms with van der Waals surface area (Å²) in [6, 6.07) is 11.3. The number of nitrogens with zero attached hydrogens (tertiary/aromatic N) is 5. The van der Waals surface area contributed by atoms with Crippen LogP contribution < -0.4 is 16.4 Å². The summed E-state index contributed by atoms with van der Waals surface area (Å²) in [4.78, 5) is 31.5. The van der Waals surface area contributed by atoms with Crippen molar-refractivity contribution in [3.05, 3.63) is 66.1 Å². The SMILES string of the molecule is NC(=NC(=O)c1ccc(N2CCS(=O)(=O)CC2)nc1)C1(c2ccc(-c3cnc(N)nc3)cc2)CCC1. The molecule has 1 aliphatic carbocycles. The molecule has 36 heavy (non-hydrogen) atoms. The van der Waals surface area contributed by atoms with Crippen LogP contribution in [0.2, 0.25) is 0 Å². The number of rotatable bonds is 5. The maximum atomic E-state index is 12.9. The van der Waals surface area contributed by atoms with Crippen molar-refractivity contribution >= 4 is 33.3 Å². The van der Waals surface area contributed by atoms with Crippen LogP contribution in [0.3, 0.4) is 0 Å². The second-order valence-corrected chi connectivity index (χ2v) is 11.5. The van der Waals surface area contributed by atoms with E-state index in [0.717, 1.165) is 36.0 Å². The molecular formula is C25H27N7O3S.